The third kappa shape index (κ3) is 9.84. The van der Waals surface area contributed by atoms with E-state index in [4.69, 9.17) is 4.74 Å². The number of nitrogens with one attached hydrogen (secondary N) is 1. The lowest BCUT2D eigenvalue weighted by Crippen LogP contribution is -2.22. The van der Waals surface area contributed by atoms with Crippen molar-refractivity contribution < 1.29 is 4.74 Å². The minimum absolute atomic E-state index is 0.579. The Morgan fingerprint density at radius 2 is 1.92 bits per heavy atom. The Balaban J connectivity index is 2.91. The molecule has 0 bridgehead atoms. The Morgan fingerprint density at radius 1 is 1.15 bits per heavy atom. The lowest BCUT2D eigenvalue weighted by atomic mass is 10.2. The number of ether oxygens (including phenoxy) is 1. The van der Waals surface area contributed by atoms with Crippen molar-refractivity contribution in [3.05, 3.63) is 0 Å². The zero-order valence-corrected chi connectivity index (χ0v) is 9.44. The van der Waals surface area contributed by atoms with Gasteiger partial charge in [-0.05, 0) is 26.8 Å². The molecule has 1 N–H and O–H groups in total. The fourth-order valence-electron chi connectivity index (χ4n) is 1.14. The summed E-state index contributed by atoms with van der Waals surface area (Å²) in [6.45, 7) is 6.25. The van der Waals surface area contributed by atoms with Gasteiger partial charge in [0.1, 0.15) is 0 Å². The van der Waals surface area contributed by atoms with Crippen LogP contribution in [0.15, 0.2) is 0 Å². The van der Waals surface area contributed by atoms with Crippen molar-refractivity contribution in [1.29, 1.82) is 0 Å². The molecule has 0 radical (unpaired) electrons. The average Bonchev–Trinajstić information content (AvgIpc) is 2.16. The maximum atomic E-state index is 5.51. The number of hydrogen-bond acceptors (Lipinski definition) is 2. The van der Waals surface area contributed by atoms with Crippen LogP contribution in [0.3, 0.4) is 0 Å². The van der Waals surface area contributed by atoms with Crippen LogP contribution >= 0.6 is 0 Å². The van der Waals surface area contributed by atoms with Crippen LogP contribution in [-0.2, 0) is 4.74 Å². The SMILES string of the molecule is CCCCCCOCCC(C)NC. The van der Waals surface area contributed by atoms with Crippen LogP contribution in [0.2, 0.25) is 0 Å². The Bertz CT molecular complexity index is 96.1. The van der Waals surface area contributed by atoms with E-state index in [0.717, 1.165) is 19.6 Å². The van der Waals surface area contributed by atoms with Gasteiger partial charge in [-0.3, -0.25) is 0 Å². The highest BCUT2D eigenvalue weighted by atomic mass is 16.5. The average molecular weight is 187 g/mol. The van der Waals surface area contributed by atoms with Crippen molar-refractivity contribution in [3.63, 3.8) is 0 Å². The van der Waals surface area contributed by atoms with Crippen LogP contribution in [0.25, 0.3) is 0 Å². The summed E-state index contributed by atoms with van der Waals surface area (Å²) in [5.41, 5.74) is 0. The zero-order chi connectivity index (χ0) is 9.94. The molecule has 0 aromatic rings. The molecule has 0 aromatic carbocycles. The lowest BCUT2D eigenvalue weighted by molar-refractivity contribution is 0.122. The van der Waals surface area contributed by atoms with Gasteiger partial charge in [0, 0.05) is 19.3 Å². The third-order valence-corrected chi connectivity index (χ3v) is 2.33. The van der Waals surface area contributed by atoms with Crippen LogP contribution in [0.1, 0.15) is 46.0 Å². The summed E-state index contributed by atoms with van der Waals surface area (Å²) in [4.78, 5) is 0. The van der Waals surface area contributed by atoms with E-state index in [-0.39, 0.29) is 0 Å². The highest BCUT2D eigenvalue weighted by Gasteiger charge is 1.96. The molecule has 80 valence electrons. The summed E-state index contributed by atoms with van der Waals surface area (Å²) < 4.78 is 5.51. The standard InChI is InChI=1S/C11H25NO/c1-4-5-6-7-9-13-10-8-11(2)12-3/h11-12H,4-10H2,1-3H3. The molecule has 0 aliphatic rings. The van der Waals surface area contributed by atoms with Gasteiger partial charge in [0.15, 0.2) is 0 Å². The maximum absolute atomic E-state index is 5.51. The molecular formula is C11H25NO. The Kier molecular flexibility index (Phi) is 9.94. The van der Waals surface area contributed by atoms with Crippen LogP contribution < -0.4 is 5.32 Å². The molecule has 0 heterocycles. The van der Waals surface area contributed by atoms with Gasteiger partial charge in [0.25, 0.3) is 0 Å². The highest BCUT2D eigenvalue weighted by molar-refractivity contribution is 4.54. The Hall–Kier alpha value is -0.0800. The summed E-state index contributed by atoms with van der Waals surface area (Å²) >= 11 is 0. The molecular weight excluding hydrogens is 162 g/mol. The number of rotatable bonds is 9. The molecule has 0 amide bonds. The van der Waals surface area contributed by atoms with E-state index in [1.54, 1.807) is 0 Å². The molecule has 0 fully saturated rings. The van der Waals surface area contributed by atoms with Crippen molar-refractivity contribution >= 4 is 0 Å². The molecule has 0 saturated heterocycles. The first-order valence-electron chi connectivity index (χ1n) is 5.56. The van der Waals surface area contributed by atoms with Gasteiger partial charge >= 0.3 is 0 Å². The minimum Gasteiger partial charge on any atom is -0.381 e. The first-order chi connectivity index (χ1) is 6.31. The summed E-state index contributed by atoms with van der Waals surface area (Å²) in [6.07, 6.45) is 6.30. The smallest absolute Gasteiger partial charge is 0.0480 e. The second kappa shape index (κ2) is 10.0. The molecule has 13 heavy (non-hydrogen) atoms. The second-order valence-corrected chi connectivity index (χ2v) is 3.65. The molecule has 0 spiro atoms. The maximum Gasteiger partial charge on any atom is 0.0480 e. The lowest BCUT2D eigenvalue weighted by Gasteiger charge is -2.09. The number of hydrogen-bond donors (Lipinski definition) is 1. The first kappa shape index (κ1) is 12.9. The van der Waals surface area contributed by atoms with E-state index in [1.165, 1.54) is 25.7 Å². The predicted octanol–water partition coefficient (Wildman–Crippen LogP) is 2.58. The van der Waals surface area contributed by atoms with Gasteiger partial charge in [-0.2, -0.15) is 0 Å². The predicted molar refractivity (Wildman–Crippen MR) is 58.1 cm³/mol. The normalized spacial score (nSPS) is 13.2. The van der Waals surface area contributed by atoms with E-state index in [0.29, 0.717) is 6.04 Å². The van der Waals surface area contributed by atoms with Crippen LogP contribution in [-0.4, -0.2) is 26.3 Å². The van der Waals surface area contributed by atoms with Crippen molar-refractivity contribution in [2.24, 2.45) is 0 Å². The third-order valence-electron chi connectivity index (χ3n) is 2.33. The van der Waals surface area contributed by atoms with Crippen molar-refractivity contribution in [3.8, 4) is 0 Å². The molecule has 2 heteroatoms. The first-order valence-corrected chi connectivity index (χ1v) is 5.56. The summed E-state index contributed by atoms with van der Waals surface area (Å²) in [7, 11) is 1.99. The summed E-state index contributed by atoms with van der Waals surface area (Å²) in [5.74, 6) is 0. The van der Waals surface area contributed by atoms with Crippen LogP contribution in [0.5, 0.6) is 0 Å². The van der Waals surface area contributed by atoms with Gasteiger partial charge in [-0.25, -0.2) is 0 Å². The van der Waals surface area contributed by atoms with Crippen molar-refractivity contribution in [1.82, 2.24) is 5.32 Å². The molecule has 0 rings (SSSR count). The summed E-state index contributed by atoms with van der Waals surface area (Å²) in [5, 5.41) is 3.20. The zero-order valence-electron chi connectivity index (χ0n) is 9.44. The molecule has 0 aromatic heterocycles. The monoisotopic (exact) mass is 187 g/mol. The van der Waals surface area contributed by atoms with Crippen LogP contribution in [0, 0.1) is 0 Å². The van der Waals surface area contributed by atoms with E-state index in [2.05, 4.69) is 19.2 Å². The number of unbranched alkanes of at least 4 members (excludes halogenated alkanes) is 3. The van der Waals surface area contributed by atoms with Crippen molar-refractivity contribution in [2.45, 2.75) is 52.0 Å². The van der Waals surface area contributed by atoms with Crippen LogP contribution in [0.4, 0.5) is 0 Å². The van der Waals surface area contributed by atoms with E-state index >= 15 is 0 Å². The topological polar surface area (TPSA) is 21.3 Å². The second-order valence-electron chi connectivity index (χ2n) is 3.65. The Labute approximate surface area is 83.1 Å². The quantitative estimate of drug-likeness (QED) is 0.560. The van der Waals surface area contributed by atoms with E-state index in [1.807, 2.05) is 7.05 Å². The molecule has 0 aliphatic carbocycles. The van der Waals surface area contributed by atoms with E-state index in [9.17, 15) is 0 Å². The Morgan fingerprint density at radius 3 is 2.54 bits per heavy atom. The highest BCUT2D eigenvalue weighted by Crippen LogP contribution is 1.99. The van der Waals surface area contributed by atoms with Gasteiger partial charge in [-0.1, -0.05) is 26.2 Å². The summed E-state index contributed by atoms with van der Waals surface area (Å²) in [6, 6.07) is 0.579. The minimum atomic E-state index is 0.579. The fourth-order valence-corrected chi connectivity index (χ4v) is 1.14. The molecule has 1 unspecified atom stereocenters. The van der Waals surface area contributed by atoms with Gasteiger partial charge in [0.05, 0.1) is 0 Å². The largest absolute Gasteiger partial charge is 0.381 e. The molecule has 0 saturated carbocycles. The fraction of sp³-hybridized carbons (Fsp3) is 1.00. The van der Waals surface area contributed by atoms with E-state index < -0.39 is 0 Å². The van der Waals surface area contributed by atoms with Gasteiger partial charge < -0.3 is 10.1 Å². The molecule has 2 nitrogen and oxygen atoms in total. The molecule has 1 atom stereocenters. The molecule has 0 aliphatic heterocycles. The van der Waals surface area contributed by atoms with Gasteiger partial charge in [-0.15, -0.1) is 0 Å². The van der Waals surface area contributed by atoms with Gasteiger partial charge in [0.2, 0.25) is 0 Å². The van der Waals surface area contributed by atoms with Crippen molar-refractivity contribution in [2.75, 3.05) is 20.3 Å².